The second-order valence-electron chi connectivity index (χ2n) is 5.38. The summed E-state index contributed by atoms with van der Waals surface area (Å²) in [5, 5.41) is 3.02. The second kappa shape index (κ2) is 6.54. The molecule has 1 aromatic heterocycles. The Labute approximate surface area is 109 Å². The van der Waals surface area contributed by atoms with Gasteiger partial charge < -0.3 is 14.6 Å². The van der Waals surface area contributed by atoms with Gasteiger partial charge in [0.15, 0.2) is 0 Å². The molecule has 5 nitrogen and oxygen atoms in total. The topological polar surface area (TPSA) is 56.1 Å². The van der Waals surface area contributed by atoms with Crippen LogP contribution in [0.3, 0.4) is 0 Å². The van der Waals surface area contributed by atoms with Crippen LogP contribution in [0, 0.1) is 5.41 Å². The van der Waals surface area contributed by atoms with E-state index in [9.17, 15) is 4.79 Å². The normalized spacial score (nSPS) is 13.3. The lowest BCUT2D eigenvalue weighted by atomic mass is 9.86. The van der Waals surface area contributed by atoms with E-state index in [0.29, 0.717) is 13.2 Å². The van der Waals surface area contributed by atoms with E-state index in [-0.39, 0.29) is 24.0 Å². The fraction of sp³-hybridized carbons (Fsp3) is 0.692. The minimum Gasteiger partial charge on any atom is -0.372 e. The highest BCUT2D eigenvalue weighted by atomic mass is 16.5. The molecule has 1 unspecified atom stereocenters. The molecule has 1 heterocycles. The molecule has 0 aliphatic carbocycles. The molecule has 0 aliphatic heterocycles. The summed E-state index contributed by atoms with van der Waals surface area (Å²) >= 11 is 0. The van der Waals surface area contributed by atoms with Gasteiger partial charge in [-0.25, -0.2) is 4.98 Å². The molecule has 1 rings (SSSR count). The predicted molar refractivity (Wildman–Crippen MR) is 70.1 cm³/mol. The third-order valence-electron chi connectivity index (χ3n) is 2.77. The number of amides is 1. The highest BCUT2D eigenvalue weighted by Gasteiger charge is 2.26. The van der Waals surface area contributed by atoms with Gasteiger partial charge in [-0.05, 0) is 12.3 Å². The van der Waals surface area contributed by atoms with Crippen molar-refractivity contribution < 1.29 is 9.53 Å². The van der Waals surface area contributed by atoms with Gasteiger partial charge in [0, 0.05) is 25.5 Å². The lowest BCUT2D eigenvalue weighted by Gasteiger charge is -2.31. The first-order valence-electron chi connectivity index (χ1n) is 6.26. The summed E-state index contributed by atoms with van der Waals surface area (Å²) in [5.74, 6) is -0.0723. The Kier molecular flexibility index (Phi) is 5.34. The molecular weight excluding hydrogens is 230 g/mol. The summed E-state index contributed by atoms with van der Waals surface area (Å²) in [4.78, 5) is 15.7. The number of nitrogens with zero attached hydrogens (tertiary/aromatic N) is 2. The van der Waals surface area contributed by atoms with Gasteiger partial charge in [-0.1, -0.05) is 20.8 Å². The zero-order valence-corrected chi connectivity index (χ0v) is 11.6. The standard InChI is InChI=1S/C13H23N3O2/c1-5-18-9-12(17)15-11(13(2,3)4)8-16-7-6-14-10-16/h6-7,10-11H,5,8-9H2,1-4H3,(H,15,17). The maximum atomic E-state index is 11.7. The van der Waals surface area contributed by atoms with Crippen molar-refractivity contribution in [3.05, 3.63) is 18.7 Å². The largest absolute Gasteiger partial charge is 0.372 e. The molecule has 1 amide bonds. The predicted octanol–water partition coefficient (Wildman–Crippen LogP) is 1.45. The van der Waals surface area contributed by atoms with Crippen molar-refractivity contribution in [3.8, 4) is 0 Å². The Bertz CT molecular complexity index is 355. The van der Waals surface area contributed by atoms with Crippen molar-refractivity contribution in [2.45, 2.75) is 40.3 Å². The van der Waals surface area contributed by atoms with Crippen LogP contribution < -0.4 is 5.32 Å². The van der Waals surface area contributed by atoms with Crippen LogP contribution in [0.1, 0.15) is 27.7 Å². The van der Waals surface area contributed by atoms with Crippen molar-refractivity contribution in [2.75, 3.05) is 13.2 Å². The molecule has 0 bridgehead atoms. The van der Waals surface area contributed by atoms with Gasteiger partial charge in [0.05, 0.1) is 12.4 Å². The van der Waals surface area contributed by atoms with Crippen molar-refractivity contribution in [3.63, 3.8) is 0 Å². The van der Waals surface area contributed by atoms with Crippen LogP contribution in [-0.2, 0) is 16.1 Å². The molecule has 0 aliphatic rings. The summed E-state index contributed by atoms with van der Waals surface area (Å²) in [7, 11) is 0. The summed E-state index contributed by atoms with van der Waals surface area (Å²) in [6.07, 6.45) is 5.39. The first kappa shape index (κ1) is 14.7. The van der Waals surface area contributed by atoms with Gasteiger partial charge in [-0.3, -0.25) is 4.79 Å². The Balaban J connectivity index is 2.59. The smallest absolute Gasteiger partial charge is 0.246 e. The van der Waals surface area contributed by atoms with E-state index in [4.69, 9.17) is 4.74 Å². The highest BCUT2D eigenvalue weighted by molar-refractivity contribution is 5.77. The average Bonchev–Trinajstić information content (AvgIpc) is 2.77. The fourth-order valence-corrected chi connectivity index (χ4v) is 1.57. The van der Waals surface area contributed by atoms with Crippen LogP contribution in [0.4, 0.5) is 0 Å². The van der Waals surface area contributed by atoms with E-state index in [1.54, 1.807) is 12.5 Å². The van der Waals surface area contributed by atoms with E-state index in [0.717, 1.165) is 0 Å². The van der Waals surface area contributed by atoms with Gasteiger partial charge in [-0.15, -0.1) is 0 Å². The number of hydrogen-bond donors (Lipinski definition) is 1. The number of hydrogen-bond acceptors (Lipinski definition) is 3. The zero-order valence-electron chi connectivity index (χ0n) is 11.6. The van der Waals surface area contributed by atoms with Crippen LogP contribution in [0.25, 0.3) is 0 Å². The Morgan fingerprint density at radius 2 is 2.22 bits per heavy atom. The lowest BCUT2D eigenvalue weighted by molar-refractivity contribution is -0.127. The van der Waals surface area contributed by atoms with Crippen molar-refractivity contribution in [1.82, 2.24) is 14.9 Å². The number of imidazole rings is 1. The maximum Gasteiger partial charge on any atom is 0.246 e. The van der Waals surface area contributed by atoms with E-state index in [2.05, 4.69) is 31.1 Å². The molecule has 1 atom stereocenters. The molecule has 0 aromatic carbocycles. The second-order valence-corrected chi connectivity index (χ2v) is 5.38. The van der Waals surface area contributed by atoms with Crippen LogP contribution >= 0.6 is 0 Å². The van der Waals surface area contributed by atoms with Crippen LogP contribution in [0.2, 0.25) is 0 Å². The number of carbonyl (C=O) groups is 1. The molecule has 18 heavy (non-hydrogen) atoms. The number of nitrogens with one attached hydrogen (secondary N) is 1. The lowest BCUT2D eigenvalue weighted by Crippen LogP contribution is -2.47. The van der Waals surface area contributed by atoms with Crippen LogP contribution in [0.5, 0.6) is 0 Å². The van der Waals surface area contributed by atoms with E-state index in [1.807, 2.05) is 17.7 Å². The highest BCUT2D eigenvalue weighted by Crippen LogP contribution is 2.20. The molecule has 5 heteroatoms. The number of rotatable bonds is 6. The molecule has 0 saturated heterocycles. The first-order chi connectivity index (χ1) is 8.43. The third-order valence-corrected chi connectivity index (χ3v) is 2.77. The van der Waals surface area contributed by atoms with Gasteiger partial charge in [-0.2, -0.15) is 0 Å². The third kappa shape index (κ3) is 4.87. The van der Waals surface area contributed by atoms with Gasteiger partial charge in [0.25, 0.3) is 0 Å². The van der Waals surface area contributed by atoms with Gasteiger partial charge in [0.2, 0.25) is 5.91 Å². The Morgan fingerprint density at radius 3 is 2.72 bits per heavy atom. The average molecular weight is 253 g/mol. The molecule has 0 fully saturated rings. The maximum absolute atomic E-state index is 11.7. The summed E-state index contributed by atoms with van der Waals surface area (Å²) in [5.41, 5.74) is -0.0217. The van der Waals surface area contributed by atoms with Crippen molar-refractivity contribution >= 4 is 5.91 Å². The number of aromatic nitrogens is 2. The summed E-state index contributed by atoms with van der Waals surface area (Å²) < 4.78 is 7.08. The minimum absolute atomic E-state index is 0.0217. The molecule has 1 aromatic rings. The van der Waals surface area contributed by atoms with Gasteiger partial charge in [0.1, 0.15) is 6.61 Å². The van der Waals surface area contributed by atoms with Crippen LogP contribution in [0.15, 0.2) is 18.7 Å². The molecule has 1 N–H and O–H groups in total. The SMILES string of the molecule is CCOCC(=O)NC(Cn1ccnc1)C(C)(C)C. The fourth-order valence-electron chi connectivity index (χ4n) is 1.57. The van der Waals surface area contributed by atoms with Gasteiger partial charge >= 0.3 is 0 Å². The monoisotopic (exact) mass is 253 g/mol. The van der Waals surface area contributed by atoms with Crippen molar-refractivity contribution in [2.24, 2.45) is 5.41 Å². The quantitative estimate of drug-likeness (QED) is 0.835. The van der Waals surface area contributed by atoms with E-state index in [1.165, 1.54) is 0 Å². The number of ether oxygens (including phenoxy) is 1. The molecule has 102 valence electrons. The Hall–Kier alpha value is -1.36. The molecular formula is C13H23N3O2. The first-order valence-corrected chi connectivity index (χ1v) is 6.26. The Morgan fingerprint density at radius 1 is 1.50 bits per heavy atom. The zero-order chi connectivity index (χ0) is 13.6. The molecule has 0 saturated carbocycles. The minimum atomic E-state index is -0.0723. The van der Waals surface area contributed by atoms with Crippen molar-refractivity contribution in [1.29, 1.82) is 0 Å². The summed E-state index contributed by atoms with van der Waals surface area (Å²) in [6.45, 7) is 9.57. The van der Waals surface area contributed by atoms with E-state index < -0.39 is 0 Å². The van der Waals surface area contributed by atoms with Crippen LogP contribution in [-0.4, -0.2) is 34.7 Å². The van der Waals surface area contributed by atoms with E-state index >= 15 is 0 Å². The molecule has 0 radical (unpaired) electrons. The number of carbonyl (C=O) groups excluding carboxylic acids is 1. The summed E-state index contributed by atoms with van der Waals surface area (Å²) in [6, 6.07) is 0.0413. The molecule has 0 spiro atoms.